The highest BCUT2D eigenvalue weighted by molar-refractivity contribution is 9.10. The molecule has 0 amide bonds. The van der Waals surface area contributed by atoms with E-state index >= 15 is 0 Å². The SMILES string of the molecule is N#Cc1ccc(Nc2ccnc3cc(Br)cnc23)cc1. The second-order valence-electron chi connectivity index (χ2n) is 4.19. The summed E-state index contributed by atoms with van der Waals surface area (Å²) in [7, 11) is 0. The summed E-state index contributed by atoms with van der Waals surface area (Å²) in [6.07, 6.45) is 3.48. The van der Waals surface area contributed by atoms with Gasteiger partial charge in [0.1, 0.15) is 5.52 Å². The van der Waals surface area contributed by atoms with Crippen molar-refractivity contribution in [2.24, 2.45) is 0 Å². The number of nitrogens with zero attached hydrogens (tertiary/aromatic N) is 3. The molecule has 0 radical (unpaired) electrons. The van der Waals surface area contributed by atoms with Crippen LogP contribution in [0.1, 0.15) is 5.56 Å². The first-order chi connectivity index (χ1) is 9.76. The minimum Gasteiger partial charge on any atom is -0.354 e. The van der Waals surface area contributed by atoms with Gasteiger partial charge in [-0.3, -0.25) is 9.97 Å². The van der Waals surface area contributed by atoms with Crippen molar-refractivity contribution in [3.8, 4) is 6.07 Å². The fraction of sp³-hybridized carbons (Fsp3) is 0. The second kappa shape index (κ2) is 5.27. The molecule has 1 aromatic carbocycles. The van der Waals surface area contributed by atoms with Gasteiger partial charge in [0.25, 0.3) is 0 Å². The van der Waals surface area contributed by atoms with Gasteiger partial charge in [0.15, 0.2) is 0 Å². The minimum atomic E-state index is 0.636. The molecular formula is C15H9BrN4. The number of nitrogens with one attached hydrogen (secondary N) is 1. The second-order valence-corrected chi connectivity index (χ2v) is 5.11. The van der Waals surface area contributed by atoms with E-state index in [1.807, 2.05) is 24.3 Å². The Labute approximate surface area is 124 Å². The molecule has 0 atom stereocenters. The number of halogens is 1. The Hall–Kier alpha value is -2.45. The molecule has 3 rings (SSSR count). The van der Waals surface area contributed by atoms with Gasteiger partial charge in [-0.25, -0.2) is 0 Å². The topological polar surface area (TPSA) is 61.6 Å². The average molecular weight is 325 g/mol. The molecule has 0 bridgehead atoms. The van der Waals surface area contributed by atoms with Crippen LogP contribution >= 0.6 is 15.9 Å². The number of nitriles is 1. The largest absolute Gasteiger partial charge is 0.354 e. The van der Waals surface area contributed by atoms with Crippen molar-refractivity contribution in [2.45, 2.75) is 0 Å². The van der Waals surface area contributed by atoms with Crippen LogP contribution in [0.25, 0.3) is 11.0 Å². The van der Waals surface area contributed by atoms with E-state index in [4.69, 9.17) is 5.26 Å². The van der Waals surface area contributed by atoms with Crippen LogP contribution in [0.15, 0.2) is 53.3 Å². The van der Waals surface area contributed by atoms with E-state index in [1.54, 1.807) is 24.5 Å². The highest BCUT2D eigenvalue weighted by atomic mass is 79.9. The Kier molecular flexibility index (Phi) is 3.32. The third kappa shape index (κ3) is 2.46. The number of pyridine rings is 2. The van der Waals surface area contributed by atoms with Crippen molar-refractivity contribution >= 4 is 38.3 Å². The molecule has 4 nitrogen and oxygen atoms in total. The Morgan fingerprint density at radius 3 is 2.65 bits per heavy atom. The van der Waals surface area contributed by atoms with Crippen LogP contribution < -0.4 is 5.32 Å². The van der Waals surface area contributed by atoms with Crippen LogP contribution in [0, 0.1) is 11.3 Å². The number of benzene rings is 1. The van der Waals surface area contributed by atoms with Crippen LogP contribution in [0.2, 0.25) is 0 Å². The van der Waals surface area contributed by atoms with Gasteiger partial charge in [0.2, 0.25) is 0 Å². The number of rotatable bonds is 2. The summed E-state index contributed by atoms with van der Waals surface area (Å²) in [4.78, 5) is 8.68. The van der Waals surface area contributed by atoms with Crippen molar-refractivity contribution in [1.29, 1.82) is 5.26 Å². The average Bonchev–Trinajstić information content (AvgIpc) is 2.48. The first kappa shape index (κ1) is 12.6. The van der Waals surface area contributed by atoms with Crippen LogP contribution in [0.5, 0.6) is 0 Å². The third-order valence-electron chi connectivity index (χ3n) is 2.84. The lowest BCUT2D eigenvalue weighted by atomic mass is 10.2. The van der Waals surface area contributed by atoms with E-state index in [2.05, 4.69) is 37.3 Å². The smallest absolute Gasteiger partial charge is 0.112 e. The molecule has 0 aliphatic heterocycles. The zero-order valence-corrected chi connectivity index (χ0v) is 11.9. The maximum atomic E-state index is 8.79. The molecule has 96 valence electrons. The Morgan fingerprint density at radius 2 is 1.90 bits per heavy atom. The molecule has 0 spiro atoms. The van der Waals surface area contributed by atoms with Crippen molar-refractivity contribution < 1.29 is 0 Å². The predicted molar refractivity (Wildman–Crippen MR) is 81.7 cm³/mol. The van der Waals surface area contributed by atoms with E-state index in [9.17, 15) is 0 Å². The lowest BCUT2D eigenvalue weighted by Gasteiger charge is -2.08. The number of anilines is 2. The molecule has 3 aromatic rings. The molecule has 20 heavy (non-hydrogen) atoms. The van der Waals surface area contributed by atoms with Gasteiger partial charge in [-0.2, -0.15) is 5.26 Å². The predicted octanol–water partition coefficient (Wildman–Crippen LogP) is 4.01. The number of aromatic nitrogens is 2. The fourth-order valence-corrected chi connectivity index (χ4v) is 2.21. The molecule has 1 N–H and O–H groups in total. The monoisotopic (exact) mass is 324 g/mol. The quantitative estimate of drug-likeness (QED) is 0.773. The lowest BCUT2D eigenvalue weighted by Crippen LogP contribution is -1.94. The molecule has 0 unspecified atom stereocenters. The maximum Gasteiger partial charge on any atom is 0.112 e. The van der Waals surface area contributed by atoms with E-state index < -0.39 is 0 Å². The van der Waals surface area contributed by atoms with E-state index in [0.717, 1.165) is 26.9 Å². The highest BCUT2D eigenvalue weighted by Crippen LogP contribution is 2.25. The molecule has 5 heteroatoms. The molecular weight excluding hydrogens is 316 g/mol. The van der Waals surface area contributed by atoms with Gasteiger partial charge in [0.05, 0.1) is 22.8 Å². The van der Waals surface area contributed by atoms with Gasteiger partial charge in [-0.05, 0) is 52.3 Å². The Balaban J connectivity index is 2.00. The number of hydrogen-bond donors (Lipinski definition) is 1. The van der Waals surface area contributed by atoms with E-state index in [1.165, 1.54) is 0 Å². The fourth-order valence-electron chi connectivity index (χ4n) is 1.89. The minimum absolute atomic E-state index is 0.636. The van der Waals surface area contributed by atoms with Gasteiger partial charge >= 0.3 is 0 Å². The zero-order chi connectivity index (χ0) is 13.9. The van der Waals surface area contributed by atoms with Crippen LogP contribution in [0.4, 0.5) is 11.4 Å². The molecule has 2 heterocycles. The Morgan fingerprint density at radius 1 is 1.10 bits per heavy atom. The van der Waals surface area contributed by atoms with Crippen LogP contribution in [-0.2, 0) is 0 Å². The van der Waals surface area contributed by atoms with Crippen LogP contribution in [-0.4, -0.2) is 9.97 Å². The van der Waals surface area contributed by atoms with Gasteiger partial charge in [-0.15, -0.1) is 0 Å². The van der Waals surface area contributed by atoms with Gasteiger partial charge in [0, 0.05) is 22.6 Å². The summed E-state index contributed by atoms with van der Waals surface area (Å²) in [5, 5.41) is 12.1. The molecule has 0 fully saturated rings. The normalized spacial score (nSPS) is 10.2. The number of fused-ring (bicyclic) bond motifs is 1. The summed E-state index contributed by atoms with van der Waals surface area (Å²) < 4.78 is 0.896. The lowest BCUT2D eigenvalue weighted by molar-refractivity contribution is 1.32. The summed E-state index contributed by atoms with van der Waals surface area (Å²) in [6.45, 7) is 0. The first-order valence-corrected chi connectivity index (χ1v) is 6.73. The zero-order valence-electron chi connectivity index (χ0n) is 10.3. The van der Waals surface area contributed by atoms with E-state index in [0.29, 0.717) is 5.56 Å². The summed E-state index contributed by atoms with van der Waals surface area (Å²) in [5.74, 6) is 0. The molecule has 0 aliphatic rings. The van der Waals surface area contributed by atoms with Crippen molar-refractivity contribution in [3.63, 3.8) is 0 Å². The molecule has 0 saturated heterocycles. The molecule has 2 aromatic heterocycles. The first-order valence-electron chi connectivity index (χ1n) is 5.94. The summed E-state index contributed by atoms with van der Waals surface area (Å²) in [6, 6.07) is 13.2. The third-order valence-corrected chi connectivity index (χ3v) is 3.27. The molecule has 0 saturated carbocycles. The highest BCUT2D eigenvalue weighted by Gasteiger charge is 2.04. The van der Waals surface area contributed by atoms with Gasteiger partial charge in [-0.1, -0.05) is 0 Å². The maximum absolute atomic E-state index is 8.79. The number of hydrogen-bond acceptors (Lipinski definition) is 4. The van der Waals surface area contributed by atoms with Gasteiger partial charge < -0.3 is 5.32 Å². The summed E-state index contributed by atoms with van der Waals surface area (Å²) in [5.41, 5.74) is 4.05. The Bertz CT molecular complexity index is 806. The van der Waals surface area contributed by atoms with Crippen molar-refractivity contribution in [1.82, 2.24) is 9.97 Å². The van der Waals surface area contributed by atoms with E-state index in [-0.39, 0.29) is 0 Å². The van der Waals surface area contributed by atoms with Crippen molar-refractivity contribution in [2.75, 3.05) is 5.32 Å². The summed E-state index contributed by atoms with van der Waals surface area (Å²) >= 11 is 3.39. The standard InChI is InChI=1S/C15H9BrN4/c16-11-7-14-15(19-9-11)13(5-6-18-14)20-12-3-1-10(8-17)2-4-12/h1-7,9H,(H,18,20). The molecule has 0 aliphatic carbocycles. The van der Waals surface area contributed by atoms with Crippen molar-refractivity contribution in [3.05, 3.63) is 58.8 Å². The van der Waals surface area contributed by atoms with Crippen LogP contribution in [0.3, 0.4) is 0 Å².